The molecule has 32 heavy (non-hydrogen) atoms. The van der Waals surface area contributed by atoms with Crippen molar-refractivity contribution in [2.75, 3.05) is 0 Å². The first-order valence-electron chi connectivity index (χ1n) is 9.53. The maximum absolute atomic E-state index is 12.8. The summed E-state index contributed by atoms with van der Waals surface area (Å²) in [5.74, 6) is 0.263. The molecule has 0 amide bonds. The number of pyridine rings is 1. The van der Waals surface area contributed by atoms with Gasteiger partial charge in [0.05, 0.1) is 12.1 Å². The Balaban J connectivity index is 1.63. The molecule has 1 aromatic carbocycles. The molecular formula is C21H17ClF3N5O2. The van der Waals surface area contributed by atoms with E-state index in [1.807, 2.05) is 6.07 Å². The van der Waals surface area contributed by atoms with Gasteiger partial charge in [0, 0.05) is 18.0 Å². The third kappa shape index (κ3) is 4.45. The molecule has 0 saturated carbocycles. The first-order chi connectivity index (χ1) is 15.1. The zero-order valence-corrected chi connectivity index (χ0v) is 17.7. The predicted molar refractivity (Wildman–Crippen MR) is 111 cm³/mol. The number of fused-ring (bicyclic) bond motifs is 1. The molecule has 3 heterocycles. The first-order valence-corrected chi connectivity index (χ1v) is 9.91. The molecule has 166 valence electrons. The van der Waals surface area contributed by atoms with Crippen molar-refractivity contribution in [2.24, 2.45) is 0 Å². The Morgan fingerprint density at radius 2 is 1.88 bits per heavy atom. The lowest BCUT2D eigenvalue weighted by molar-refractivity contribution is -0.137. The zero-order valence-electron chi connectivity index (χ0n) is 17.0. The Kier molecular flexibility index (Phi) is 5.64. The van der Waals surface area contributed by atoms with Crippen LogP contribution in [0.15, 0.2) is 53.5 Å². The summed E-state index contributed by atoms with van der Waals surface area (Å²) in [5.41, 5.74) is 0.880. The van der Waals surface area contributed by atoms with E-state index in [0.29, 0.717) is 23.0 Å². The standard InChI is InChI=1S/C21H17ClF3N5O2/c1-12-9-18(31)30-20(29(12)11-14-3-8-17(22)26-10-14)27-19(28-30)32-13(2)15-4-6-16(7-5-15)21(23,24)25/h3-10,13H,11H2,1-2H3. The Morgan fingerprint density at radius 3 is 2.50 bits per heavy atom. The highest BCUT2D eigenvalue weighted by molar-refractivity contribution is 6.29. The van der Waals surface area contributed by atoms with Crippen LogP contribution in [0, 0.1) is 6.92 Å². The van der Waals surface area contributed by atoms with Crippen LogP contribution in [0.1, 0.15) is 35.4 Å². The highest BCUT2D eigenvalue weighted by Gasteiger charge is 2.30. The van der Waals surface area contributed by atoms with Gasteiger partial charge in [-0.3, -0.25) is 4.79 Å². The van der Waals surface area contributed by atoms with Gasteiger partial charge in [-0.2, -0.15) is 22.7 Å². The topological polar surface area (TPSA) is 74.3 Å². The molecule has 3 aromatic heterocycles. The molecule has 11 heteroatoms. The largest absolute Gasteiger partial charge is 0.454 e. The van der Waals surface area contributed by atoms with Gasteiger partial charge in [0.25, 0.3) is 5.56 Å². The second-order valence-electron chi connectivity index (χ2n) is 7.19. The van der Waals surface area contributed by atoms with Gasteiger partial charge < -0.3 is 9.30 Å². The van der Waals surface area contributed by atoms with Crippen LogP contribution in [0.3, 0.4) is 0 Å². The number of alkyl halides is 3. The van der Waals surface area contributed by atoms with Crippen molar-refractivity contribution >= 4 is 17.4 Å². The maximum Gasteiger partial charge on any atom is 0.416 e. The molecule has 0 aliphatic rings. The van der Waals surface area contributed by atoms with Crippen molar-refractivity contribution in [1.82, 2.24) is 24.1 Å². The predicted octanol–water partition coefficient (Wildman–Crippen LogP) is 4.45. The van der Waals surface area contributed by atoms with Gasteiger partial charge in [0.15, 0.2) is 0 Å². The van der Waals surface area contributed by atoms with Crippen LogP contribution in [0.2, 0.25) is 5.15 Å². The molecule has 0 radical (unpaired) electrons. The second kappa shape index (κ2) is 8.27. The number of rotatable bonds is 5. The number of halogens is 4. The van der Waals surface area contributed by atoms with Gasteiger partial charge in [-0.05, 0) is 43.2 Å². The number of benzene rings is 1. The SMILES string of the molecule is Cc1cc(=O)n2nc(OC(C)c3ccc(C(F)(F)F)cc3)nc2n1Cc1ccc(Cl)nc1. The Morgan fingerprint density at radius 1 is 1.16 bits per heavy atom. The van der Waals surface area contributed by atoms with E-state index in [2.05, 4.69) is 15.1 Å². The van der Waals surface area contributed by atoms with Crippen molar-refractivity contribution in [3.8, 4) is 6.01 Å². The van der Waals surface area contributed by atoms with Crippen LogP contribution in [0.25, 0.3) is 5.78 Å². The summed E-state index contributed by atoms with van der Waals surface area (Å²) in [6.07, 6.45) is -3.43. The lowest BCUT2D eigenvalue weighted by atomic mass is 10.1. The third-order valence-electron chi connectivity index (χ3n) is 4.90. The summed E-state index contributed by atoms with van der Waals surface area (Å²) in [6, 6.07) is 9.47. The zero-order chi connectivity index (χ0) is 23.0. The average molecular weight is 464 g/mol. The number of nitrogens with zero attached hydrogens (tertiary/aromatic N) is 5. The van der Waals surface area contributed by atoms with Crippen LogP contribution < -0.4 is 10.3 Å². The van der Waals surface area contributed by atoms with Crippen LogP contribution >= 0.6 is 11.6 Å². The number of aryl methyl sites for hydroxylation is 1. The lowest BCUT2D eigenvalue weighted by Crippen LogP contribution is -2.20. The van der Waals surface area contributed by atoms with E-state index in [-0.39, 0.29) is 17.3 Å². The smallest absolute Gasteiger partial charge is 0.416 e. The fourth-order valence-electron chi connectivity index (χ4n) is 3.18. The fraction of sp³-hybridized carbons (Fsp3) is 0.238. The average Bonchev–Trinajstić information content (AvgIpc) is 3.16. The monoisotopic (exact) mass is 463 g/mol. The molecule has 0 saturated heterocycles. The van der Waals surface area contributed by atoms with E-state index in [0.717, 1.165) is 22.2 Å². The lowest BCUT2D eigenvalue weighted by Gasteiger charge is -2.13. The summed E-state index contributed by atoms with van der Waals surface area (Å²) in [7, 11) is 0. The molecule has 0 aliphatic carbocycles. The highest BCUT2D eigenvalue weighted by Crippen LogP contribution is 2.30. The van der Waals surface area contributed by atoms with Crippen LogP contribution in [-0.2, 0) is 12.7 Å². The Labute approximate surface area is 185 Å². The molecule has 7 nitrogen and oxygen atoms in total. The number of hydrogen-bond donors (Lipinski definition) is 0. The van der Waals surface area contributed by atoms with E-state index < -0.39 is 17.8 Å². The summed E-state index contributed by atoms with van der Waals surface area (Å²) >= 11 is 5.84. The molecule has 0 fully saturated rings. The van der Waals surface area contributed by atoms with E-state index in [4.69, 9.17) is 16.3 Å². The number of ether oxygens (including phenoxy) is 1. The molecular weight excluding hydrogens is 447 g/mol. The van der Waals surface area contributed by atoms with Crippen molar-refractivity contribution in [1.29, 1.82) is 0 Å². The van der Waals surface area contributed by atoms with Gasteiger partial charge >= 0.3 is 12.2 Å². The molecule has 1 atom stereocenters. The van der Waals surface area contributed by atoms with Crippen molar-refractivity contribution in [3.05, 3.63) is 86.6 Å². The Bertz CT molecular complexity index is 1320. The quantitative estimate of drug-likeness (QED) is 0.409. The van der Waals surface area contributed by atoms with Gasteiger partial charge in [-0.25, -0.2) is 4.98 Å². The highest BCUT2D eigenvalue weighted by atomic mass is 35.5. The molecule has 4 rings (SSSR count). The third-order valence-corrected chi connectivity index (χ3v) is 5.12. The molecule has 0 spiro atoms. The van der Waals surface area contributed by atoms with Gasteiger partial charge in [-0.15, -0.1) is 5.10 Å². The van der Waals surface area contributed by atoms with Crippen molar-refractivity contribution in [2.45, 2.75) is 32.7 Å². The molecule has 0 N–H and O–H groups in total. The van der Waals surface area contributed by atoms with E-state index in [1.165, 1.54) is 18.2 Å². The molecule has 0 bridgehead atoms. The van der Waals surface area contributed by atoms with E-state index in [1.54, 1.807) is 30.7 Å². The van der Waals surface area contributed by atoms with Crippen LogP contribution in [0.5, 0.6) is 6.01 Å². The first kappa shape index (κ1) is 21.8. The summed E-state index contributed by atoms with van der Waals surface area (Å²) in [4.78, 5) is 20.8. The Hall–Kier alpha value is -3.40. The number of hydrogen-bond acceptors (Lipinski definition) is 5. The normalized spacial score (nSPS) is 12.8. The van der Waals surface area contributed by atoms with Crippen LogP contribution in [-0.4, -0.2) is 24.1 Å². The minimum Gasteiger partial charge on any atom is -0.454 e. The second-order valence-corrected chi connectivity index (χ2v) is 7.57. The van der Waals surface area contributed by atoms with Gasteiger partial charge in [-0.1, -0.05) is 29.8 Å². The van der Waals surface area contributed by atoms with Crippen LogP contribution in [0.4, 0.5) is 13.2 Å². The summed E-state index contributed by atoms with van der Waals surface area (Å²) in [6.45, 7) is 3.79. The minimum atomic E-state index is -4.42. The molecule has 0 aliphatic heterocycles. The van der Waals surface area contributed by atoms with E-state index in [9.17, 15) is 18.0 Å². The van der Waals surface area contributed by atoms with Crippen molar-refractivity contribution in [3.63, 3.8) is 0 Å². The van der Waals surface area contributed by atoms with E-state index >= 15 is 0 Å². The molecule has 4 aromatic rings. The fourth-order valence-corrected chi connectivity index (χ4v) is 3.29. The summed E-state index contributed by atoms with van der Waals surface area (Å²) < 4.78 is 46.9. The maximum atomic E-state index is 12.8. The minimum absolute atomic E-state index is 0.0666. The van der Waals surface area contributed by atoms with Gasteiger partial charge in [0.2, 0.25) is 5.78 Å². The van der Waals surface area contributed by atoms with Crippen molar-refractivity contribution < 1.29 is 17.9 Å². The molecule has 1 unspecified atom stereocenters. The summed E-state index contributed by atoms with van der Waals surface area (Å²) in [5, 5.41) is 4.49. The number of aromatic nitrogens is 5. The van der Waals surface area contributed by atoms with Gasteiger partial charge in [0.1, 0.15) is 11.3 Å².